The number of nitro benzene ring substituents is 1. The molecule has 0 amide bonds. The fraction of sp³-hybridized carbons (Fsp3) is 0.143. The molecule has 0 saturated heterocycles. The normalized spacial score (nSPS) is 10.4. The van der Waals surface area contributed by atoms with Crippen LogP contribution in [0.2, 0.25) is 5.02 Å². The second kappa shape index (κ2) is 6.87. The topological polar surface area (TPSA) is 52.4 Å². The highest BCUT2D eigenvalue weighted by Gasteiger charge is 2.16. The molecule has 0 aliphatic rings. The van der Waals surface area contributed by atoms with Gasteiger partial charge in [0.15, 0.2) is 5.75 Å². The molecule has 21 heavy (non-hydrogen) atoms. The minimum Gasteiger partial charge on any atom is -0.482 e. The number of hydrogen-bond acceptors (Lipinski definition) is 3. The van der Waals surface area contributed by atoms with Gasteiger partial charge in [0.2, 0.25) is 0 Å². The average molecular weight is 375 g/mol. The van der Waals surface area contributed by atoms with E-state index in [0.29, 0.717) is 10.9 Å². The highest BCUT2D eigenvalue weighted by molar-refractivity contribution is 9.08. The van der Waals surface area contributed by atoms with Crippen LogP contribution in [0.5, 0.6) is 5.75 Å². The molecule has 2 rings (SSSR count). The zero-order valence-corrected chi connectivity index (χ0v) is 13.0. The molecular weight excluding hydrogens is 365 g/mol. The molecule has 0 atom stereocenters. The fourth-order valence-corrected chi connectivity index (χ4v) is 2.28. The van der Waals surface area contributed by atoms with Gasteiger partial charge in [0, 0.05) is 17.0 Å². The van der Waals surface area contributed by atoms with Gasteiger partial charge >= 0.3 is 5.69 Å². The summed E-state index contributed by atoms with van der Waals surface area (Å²) in [6, 6.07) is 8.61. The van der Waals surface area contributed by atoms with E-state index >= 15 is 0 Å². The molecule has 7 heteroatoms. The highest BCUT2D eigenvalue weighted by Crippen LogP contribution is 2.30. The third-order valence-corrected chi connectivity index (χ3v) is 3.77. The van der Waals surface area contributed by atoms with E-state index in [2.05, 4.69) is 15.9 Å². The summed E-state index contributed by atoms with van der Waals surface area (Å²) in [4.78, 5) is 10.5. The van der Waals surface area contributed by atoms with E-state index in [-0.39, 0.29) is 23.1 Å². The number of halogens is 3. The van der Waals surface area contributed by atoms with E-state index < -0.39 is 10.7 Å². The average Bonchev–Trinajstić information content (AvgIpc) is 2.46. The number of alkyl halides is 1. The molecule has 0 N–H and O–H groups in total. The van der Waals surface area contributed by atoms with E-state index in [4.69, 9.17) is 16.3 Å². The van der Waals surface area contributed by atoms with E-state index in [0.717, 1.165) is 5.56 Å². The summed E-state index contributed by atoms with van der Waals surface area (Å²) >= 11 is 9.13. The lowest BCUT2D eigenvalue weighted by atomic mass is 10.2. The third-order valence-electron chi connectivity index (χ3n) is 2.77. The molecule has 4 nitrogen and oxygen atoms in total. The van der Waals surface area contributed by atoms with Gasteiger partial charge in [-0.05, 0) is 23.8 Å². The van der Waals surface area contributed by atoms with Crippen LogP contribution >= 0.6 is 27.5 Å². The van der Waals surface area contributed by atoms with Crippen LogP contribution in [0.4, 0.5) is 10.1 Å². The van der Waals surface area contributed by atoms with E-state index in [1.54, 1.807) is 6.07 Å². The van der Waals surface area contributed by atoms with Gasteiger partial charge in [0.05, 0.1) is 9.95 Å². The predicted octanol–water partition coefficient (Wildman–Crippen LogP) is 4.86. The van der Waals surface area contributed by atoms with Gasteiger partial charge in [-0.2, -0.15) is 0 Å². The molecule has 0 aliphatic heterocycles. The Morgan fingerprint density at radius 3 is 2.67 bits per heavy atom. The summed E-state index contributed by atoms with van der Waals surface area (Å²) in [7, 11) is 0. The van der Waals surface area contributed by atoms with Crippen LogP contribution in [0.15, 0.2) is 36.4 Å². The number of ether oxygens (including phenoxy) is 1. The summed E-state index contributed by atoms with van der Waals surface area (Å²) < 4.78 is 18.4. The maximum absolute atomic E-state index is 12.9. The van der Waals surface area contributed by atoms with Gasteiger partial charge in [-0.3, -0.25) is 10.1 Å². The van der Waals surface area contributed by atoms with Crippen LogP contribution in [0.1, 0.15) is 11.1 Å². The van der Waals surface area contributed by atoms with Crippen molar-refractivity contribution in [1.29, 1.82) is 0 Å². The molecule has 0 heterocycles. The van der Waals surface area contributed by atoms with Crippen LogP contribution in [0.3, 0.4) is 0 Å². The van der Waals surface area contributed by atoms with Crippen LogP contribution in [-0.4, -0.2) is 4.92 Å². The van der Waals surface area contributed by atoms with Crippen molar-refractivity contribution in [3.8, 4) is 5.75 Å². The Labute approximate surface area is 133 Å². The van der Waals surface area contributed by atoms with Crippen molar-refractivity contribution in [2.24, 2.45) is 0 Å². The highest BCUT2D eigenvalue weighted by atomic mass is 79.9. The first kappa shape index (κ1) is 15.7. The van der Waals surface area contributed by atoms with Crippen molar-refractivity contribution < 1.29 is 14.1 Å². The van der Waals surface area contributed by atoms with Crippen molar-refractivity contribution in [1.82, 2.24) is 0 Å². The number of nitro groups is 1. The molecule has 0 aromatic heterocycles. The second-order valence-corrected chi connectivity index (χ2v) is 5.19. The molecule has 2 aromatic rings. The molecule has 0 saturated carbocycles. The lowest BCUT2D eigenvalue weighted by molar-refractivity contribution is -0.386. The lowest BCUT2D eigenvalue weighted by Crippen LogP contribution is -2.00. The number of benzene rings is 2. The molecule has 0 radical (unpaired) electrons. The Morgan fingerprint density at radius 1 is 1.29 bits per heavy atom. The number of hydrogen-bond donors (Lipinski definition) is 0. The Balaban J connectivity index is 2.21. The van der Waals surface area contributed by atoms with Crippen LogP contribution < -0.4 is 4.74 Å². The first-order valence-electron chi connectivity index (χ1n) is 5.91. The minimum absolute atomic E-state index is 0.0214. The van der Waals surface area contributed by atoms with Gasteiger partial charge in [-0.1, -0.05) is 39.7 Å². The second-order valence-electron chi connectivity index (χ2n) is 4.22. The standard InChI is InChI=1S/C14H10BrClFNO3/c15-7-9-1-4-14(13(5-9)18(19)20)21-8-10-2-3-11(17)6-12(10)16/h1-6H,7-8H2. The molecule has 2 aromatic carbocycles. The van der Waals surface area contributed by atoms with Gasteiger partial charge in [-0.15, -0.1) is 0 Å². The van der Waals surface area contributed by atoms with E-state index in [1.165, 1.54) is 30.3 Å². The van der Waals surface area contributed by atoms with Gasteiger partial charge < -0.3 is 4.74 Å². The molecule has 0 unspecified atom stereocenters. The van der Waals surface area contributed by atoms with Crippen LogP contribution in [0, 0.1) is 15.9 Å². The monoisotopic (exact) mass is 373 g/mol. The minimum atomic E-state index is -0.506. The first-order valence-corrected chi connectivity index (χ1v) is 7.41. The van der Waals surface area contributed by atoms with Gasteiger partial charge in [0.25, 0.3) is 0 Å². The predicted molar refractivity (Wildman–Crippen MR) is 81.5 cm³/mol. The largest absolute Gasteiger partial charge is 0.482 e. The Kier molecular flexibility index (Phi) is 5.14. The smallest absolute Gasteiger partial charge is 0.311 e. The van der Waals surface area contributed by atoms with Crippen LogP contribution in [0.25, 0.3) is 0 Å². The van der Waals surface area contributed by atoms with Crippen LogP contribution in [-0.2, 0) is 11.9 Å². The number of rotatable bonds is 5. The Morgan fingerprint density at radius 2 is 2.05 bits per heavy atom. The van der Waals surface area contributed by atoms with E-state index in [1.807, 2.05) is 0 Å². The van der Waals surface area contributed by atoms with Crippen molar-refractivity contribution in [2.45, 2.75) is 11.9 Å². The summed E-state index contributed by atoms with van der Waals surface area (Å²) in [5.74, 6) is -0.304. The quantitative estimate of drug-likeness (QED) is 0.426. The molecule has 0 fully saturated rings. The molecular formula is C14H10BrClFNO3. The molecule has 0 spiro atoms. The SMILES string of the molecule is O=[N+]([O-])c1cc(CBr)ccc1OCc1ccc(F)cc1Cl. The summed E-state index contributed by atoms with van der Waals surface area (Å²) in [6.45, 7) is 0.0214. The molecule has 0 bridgehead atoms. The van der Waals surface area contributed by atoms with Gasteiger partial charge in [0.1, 0.15) is 12.4 Å². The van der Waals surface area contributed by atoms with Crippen molar-refractivity contribution in [3.63, 3.8) is 0 Å². The van der Waals surface area contributed by atoms with E-state index in [9.17, 15) is 14.5 Å². The van der Waals surface area contributed by atoms with Crippen molar-refractivity contribution >= 4 is 33.2 Å². The van der Waals surface area contributed by atoms with Crippen molar-refractivity contribution in [2.75, 3.05) is 0 Å². The maximum atomic E-state index is 12.9. The zero-order valence-electron chi connectivity index (χ0n) is 10.7. The molecule has 0 aliphatic carbocycles. The number of nitrogens with zero attached hydrogens (tertiary/aromatic N) is 1. The lowest BCUT2D eigenvalue weighted by Gasteiger charge is -2.09. The fourth-order valence-electron chi connectivity index (χ4n) is 1.71. The Bertz CT molecular complexity index is 681. The molecule has 110 valence electrons. The Hall–Kier alpha value is -1.66. The summed E-state index contributed by atoms with van der Waals surface area (Å²) in [6.07, 6.45) is 0. The summed E-state index contributed by atoms with van der Waals surface area (Å²) in [5, 5.41) is 11.8. The maximum Gasteiger partial charge on any atom is 0.311 e. The van der Waals surface area contributed by atoms with Crippen molar-refractivity contribution in [3.05, 3.63) is 68.5 Å². The zero-order chi connectivity index (χ0) is 15.4. The first-order chi connectivity index (χ1) is 10.0. The van der Waals surface area contributed by atoms with Gasteiger partial charge in [-0.25, -0.2) is 4.39 Å². The summed E-state index contributed by atoms with van der Waals surface area (Å²) in [5.41, 5.74) is 1.20. The third kappa shape index (κ3) is 3.92.